The normalized spacial score (nSPS) is 13.9. The van der Waals surface area contributed by atoms with Crippen molar-refractivity contribution in [2.75, 3.05) is 31.1 Å². The summed E-state index contributed by atoms with van der Waals surface area (Å²) < 4.78 is 0. The number of rotatable bonds is 4. The van der Waals surface area contributed by atoms with Crippen molar-refractivity contribution in [1.29, 1.82) is 0 Å². The third kappa shape index (κ3) is 4.11. The number of hydrogen-bond acceptors (Lipinski definition) is 6. The van der Waals surface area contributed by atoms with Crippen LogP contribution in [0.15, 0.2) is 72.1 Å². The highest BCUT2D eigenvalue weighted by Gasteiger charge is 2.25. The average molecular weight is 442 g/mol. The van der Waals surface area contributed by atoms with Gasteiger partial charge >= 0.3 is 0 Å². The zero-order chi connectivity index (χ0) is 21.9. The van der Waals surface area contributed by atoms with Gasteiger partial charge in [-0.1, -0.05) is 54.6 Å². The van der Waals surface area contributed by atoms with E-state index in [0.717, 1.165) is 40.7 Å². The van der Waals surface area contributed by atoms with Crippen molar-refractivity contribution in [3.63, 3.8) is 0 Å². The number of hydrogen-bond donors (Lipinski definition) is 0. The highest BCUT2D eigenvalue weighted by molar-refractivity contribution is 7.13. The second kappa shape index (κ2) is 8.88. The monoisotopic (exact) mass is 441 g/mol. The van der Waals surface area contributed by atoms with E-state index in [9.17, 15) is 4.79 Å². The number of thiazole rings is 1. The summed E-state index contributed by atoms with van der Waals surface area (Å²) in [6.45, 7) is 4.79. The number of amides is 1. The molecule has 4 aromatic rings. The topological polar surface area (TPSA) is 62.2 Å². The van der Waals surface area contributed by atoms with Gasteiger partial charge in [-0.3, -0.25) is 4.79 Å². The van der Waals surface area contributed by atoms with Crippen LogP contribution in [-0.2, 0) is 0 Å². The van der Waals surface area contributed by atoms with Gasteiger partial charge in [0.15, 0.2) is 5.82 Å². The predicted octanol–water partition coefficient (Wildman–Crippen LogP) is 4.54. The third-order valence-electron chi connectivity index (χ3n) is 5.71. The van der Waals surface area contributed by atoms with E-state index in [1.54, 1.807) is 0 Å². The summed E-state index contributed by atoms with van der Waals surface area (Å²) in [5.41, 5.74) is 4.71. The highest BCUT2D eigenvalue weighted by atomic mass is 32.1. The molecule has 0 radical (unpaired) electrons. The molecule has 1 aliphatic heterocycles. The number of aryl methyl sites for hydroxylation is 1. The maximum absolute atomic E-state index is 12.9. The second-order valence-corrected chi connectivity index (χ2v) is 8.63. The number of aromatic nitrogens is 3. The van der Waals surface area contributed by atoms with Crippen LogP contribution in [0.2, 0.25) is 0 Å². The number of benzene rings is 2. The number of piperazine rings is 1. The van der Waals surface area contributed by atoms with E-state index in [1.165, 1.54) is 16.9 Å². The quantitative estimate of drug-likeness (QED) is 0.465. The van der Waals surface area contributed by atoms with Gasteiger partial charge in [-0.25, -0.2) is 4.98 Å². The second-order valence-electron chi connectivity index (χ2n) is 7.77. The molecule has 0 aliphatic carbocycles. The van der Waals surface area contributed by atoms with Crippen LogP contribution in [0.4, 0.5) is 5.82 Å². The van der Waals surface area contributed by atoms with E-state index in [0.29, 0.717) is 18.8 Å². The molecular weight excluding hydrogens is 418 g/mol. The molecule has 160 valence electrons. The van der Waals surface area contributed by atoms with Crippen LogP contribution >= 0.6 is 11.3 Å². The first kappa shape index (κ1) is 20.3. The van der Waals surface area contributed by atoms with Gasteiger partial charge in [-0.05, 0) is 24.6 Å². The van der Waals surface area contributed by atoms with Crippen LogP contribution in [0.3, 0.4) is 0 Å². The van der Waals surface area contributed by atoms with Crippen LogP contribution in [0.5, 0.6) is 0 Å². The zero-order valence-electron chi connectivity index (χ0n) is 17.8. The van der Waals surface area contributed by atoms with Gasteiger partial charge in [0.05, 0.1) is 5.69 Å². The van der Waals surface area contributed by atoms with Crippen molar-refractivity contribution < 1.29 is 4.79 Å². The van der Waals surface area contributed by atoms with Crippen molar-refractivity contribution in [2.45, 2.75) is 6.92 Å². The van der Waals surface area contributed by atoms with E-state index in [2.05, 4.69) is 39.1 Å². The molecule has 1 fully saturated rings. The largest absolute Gasteiger partial charge is 0.352 e. The molecule has 32 heavy (non-hydrogen) atoms. The van der Waals surface area contributed by atoms with Gasteiger partial charge in [0.2, 0.25) is 0 Å². The summed E-state index contributed by atoms with van der Waals surface area (Å²) >= 11 is 1.51. The lowest BCUT2D eigenvalue weighted by Crippen LogP contribution is -2.49. The Kier molecular flexibility index (Phi) is 5.64. The summed E-state index contributed by atoms with van der Waals surface area (Å²) in [5.74, 6) is 0.832. The molecule has 6 nitrogen and oxygen atoms in total. The van der Waals surface area contributed by atoms with Gasteiger partial charge in [0.25, 0.3) is 5.91 Å². The van der Waals surface area contributed by atoms with Crippen molar-refractivity contribution in [2.24, 2.45) is 0 Å². The fourth-order valence-corrected chi connectivity index (χ4v) is 4.68. The minimum atomic E-state index is -0.0101. The van der Waals surface area contributed by atoms with E-state index in [1.807, 2.05) is 64.9 Å². The van der Waals surface area contributed by atoms with Gasteiger partial charge in [-0.15, -0.1) is 21.5 Å². The molecule has 0 unspecified atom stereocenters. The molecule has 7 heteroatoms. The summed E-state index contributed by atoms with van der Waals surface area (Å²) in [6, 6.07) is 22.2. The lowest BCUT2D eigenvalue weighted by Gasteiger charge is -2.34. The highest BCUT2D eigenvalue weighted by Crippen LogP contribution is 2.25. The Balaban J connectivity index is 1.22. The molecule has 1 saturated heterocycles. The lowest BCUT2D eigenvalue weighted by atomic mass is 10.1. The fourth-order valence-electron chi connectivity index (χ4n) is 3.88. The Morgan fingerprint density at radius 3 is 2.34 bits per heavy atom. The van der Waals surface area contributed by atoms with Gasteiger partial charge < -0.3 is 9.80 Å². The number of carbonyl (C=O) groups excluding carboxylic acids is 1. The molecule has 0 saturated carbocycles. The minimum absolute atomic E-state index is 0.0101. The first-order valence-corrected chi connectivity index (χ1v) is 11.5. The molecule has 2 aromatic heterocycles. The third-order valence-corrected chi connectivity index (χ3v) is 6.60. The molecule has 0 N–H and O–H groups in total. The van der Waals surface area contributed by atoms with E-state index in [4.69, 9.17) is 0 Å². The van der Waals surface area contributed by atoms with Crippen LogP contribution in [0.1, 0.15) is 16.1 Å². The predicted molar refractivity (Wildman–Crippen MR) is 128 cm³/mol. The maximum Gasteiger partial charge on any atom is 0.273 e. The molecule has 0 atom stereocenters. The Hall–Kier alpha value is -3.58. The minimum Gasteiger partial charge on any atom is -0.352 e. The van der Waals surface area contributed by atoms with Crippen LogP contribution in [0.25, 0.3) is 21.8 Å². The van der Waals surface area contributed by atoms with Gasteiger partial charge in [-0.2, -0.15) is 0 Å². The summed E-state index contributed by atoms with van der Waals surface area (Å²) in [7, 11) is 0. The van der Waals surface area contributed by atoms with Crippen LogP contribution in [0, 0.1) is 6.92 Å². The van der Waals surface area contributed by atoms with Crippen molar-refractivity contribution in [1.82, 2.24) is 20.1 Å². The summed E-state index contributed by atoms with van der Waals surface area (Å²) in [5, 5.41) is 11.6. The molecule has 0 bridgehead atoms. The number of anilines is 1. The standard InChI is InChI=1S/C25H23N5OS/c1-18-7-5-6-10-20(18)21-11-12-23(28-27-21)29-13-15-30(16-14-29)25(31)22-17-32-24(26-22)19-8-3-2-4-9-19/h2-12,17H,13-16H2,1H3. The molecular formula is C25H23N5OS. The molecule has 0 spiro atoms. The Morgan fingerprint density at radius 2 is 1.62 bits per heavy atom. The first-order chi connectivity index (χ1) is 15.7. The molecule has 1 aliphatic rings. The zero-order valence-corrected chi connectivity index (χ0v) is 18.6. The van der Waals surface area contributed by atoms with Crippen LogP contribution < -0.4 is 4.90 Å². The number of nitrogens with zero attached hydrogens (tertiary/aromatic N) is 5. The summed E-state index contributed by atoms with van der Waals surface area (Å²) in [6.07, 6.45) is 0. The smallest absolute Gasteiger partial charge is 0.273 e. The van der Waals surface area contributed by atoms with Crippen molar-refractivity contribution in [3.8, 4) is 21.8 Å². The van der Waals surface area contributed by atoms with Gasteiger partial charge in [0, 0.05) is 42.7 Å². The maximum atomic E-state index is 12.9. The molecule has 5 rings (SSSR count). The molecule has 2 aromatic carbocycles. The van der Waals surface area contributed by atoms with E-state index < -0.39 is 0 Å². The molecule has 1 amide bonds. The average Bonchev–Trinajstić information content (AvgIpc) is 3.35. The van der Waals surface area contributed by atoms with Gasteiger partial charge in [0.1, 0.15) is 10.7 Å². The summed E-state index contributed by atoms with van der Waals surface area (Å²) in [4.78, 5) is 21.6. The first-order valence-electron chi connectivity index (χ1n) is 10.6. The Morgan fingerprint density at radius 1 is 0.875 bits per heavy atom. The number of carbonyl (C=O) groups is 1. The van der Waals surface area contributed by atoms with Crippen molar-refractivity contribution >= 4 is 23.1 Å². The lowest BCUT2D eigenvalue weighted by molar-refractivity contribution is 0.0741. The van der Waals surface area contributed by atoms with Crippen molar-refractivity contribution in [3.05, 3.63) is 83.4 Å². The Labute approximate surface area is 191 Å². The molecule has 3 heterocycles. The van der Waals surface area contributed by atoms with E-state index in [-0.39, 0.29) is 5.91 Å². The van der Waals surface area contributed by atoms with Crippen LogP contribution in [-0.4, -0.2) is 52.2 Å². The fraction of sp³-hybridized carbons (Fsp3) is 0.200. The Bertz CT molecular complexity index is 1210. The SMILES string of the molecule is Cc1ccccc1-c1ccc(N2CCN(C(=O)c3csc(-c4ccccc4)n3)CC2)nn1. The van der Waals surface area contributed by atoms with E-state index >= 15 is 0 Å².